The van der Waals surface area contributed by atoms with Gasteiger partial charge in [0.2, 0.25) is 5.88 Å². The number of ether oxygens (including phenoxy) is 1. The maximum atomic E-state index is 14.7. The van der Waals surface area contributed by atoms with E-state index in [1.807, 2.05) is 50.3 Å². The van der Waals surface area contributed by atoms with Gasteiger partial charge in [-0.2, -0.15) is 0 Å². The minimum Gasteiger partial charge on any atom is -0.480 e. The summed E-state index contributed by atoms with van der Waals surface area (Å²) in [5, 5.41) is 11.2. The number of rotatable bonds is 8. The van der Waals surface area contributed by atoms with E-state index in [0.717, 1.165) is 33.1 Å². The molecule has 10 nitrogen and oxygen atoms in total. The van der Waals surface area contributed by atoms with Crippen molar-refractivity contribution in [3.05, 3.63) is 92.4 Å². The summed E-state index contributed by atoms with van der Waals surface area (Å²) in [4.78, 5) is 34.4. The molecule has 206 valence electrons. The van der Waals surface area contributed by atoms with E-state index in [9.17, 15) is 18.4 Å². The Kier molecular flexibility index (Phi) is 7.41. The summed E-state index contributed by atoms with van der Waals surface area (Å²) in [6.45, 7) is -0.109. The first kappa shape index (κ1) is 27.1. The summed E-state index contributed by atoms with van der Waals surface area (Å²) < 4.78 is 36.5. The fourth-order valence-electron chi connectivity index (χ4n) is 4.39. The molecule has 0 aliphatic heterocycles. The predicted molar refractivity (Wildman–Crippen MR) is 149 cm³/mol. The molecule has 13 heteroatoms. The molecule has 0 spiro atoms. The topological polar surface area (TPSA) is 107 Å². The highest BCUT2D eigenvalue weighted by molar-refractivity contribution is 7.22. The SMILES string of the molecule is CNc1ccc(-c2sc3c(c2CN(C)C)c(=O)n(-c2ccc(OC)nn2)c(=O)n3Cc2c(F)cncc2F)cc1. The molecule has 0 radical (unpaired) electrons. The van der Waals surface area contributed by atoms with Crippen molar-refractivity contribution in [3.63, 3.8) is 0 Å². The van der Waals surface area contributed by atoms with Crippen LogP contribution in [0.1, 0.15) is 11.1 Å². The molecule has 0 saturated heterocycles. The number of aromatic nitrogens is 5. The Balaban J connectivity index is 1.88. The van der Waals surface area contributed by atoms with Gasteiger partial charge in [-0.15, -0.1) is 21.5 Å². The predicted octanol–water partition coefficient (Wildman–Crippen LogP) is 3.50. The van der Waals surface area contributed by atoms with E-state index in [4.69, 9.17) is 4.74 Å². The second-order valence-electron chi connectivity index (χ2n) is 9.18. The third kappa shape index (κ3) is 4.84. The summed E-state index contributed by atoms with van der Waals surface area (Å²) in [5.41, 5.74) is 0.617. The van der Waals surface area contributed by atoms with Gasteiger partial charge in [0.25, 0.3) is 5.56 Å². The van der Waals surface area contributed by atoms with Gasteiger partial charge in [0.05, 0.1) is 31.4 Å². The van der Waals surface area contributed by atoms with E-state index < -0.39 is 29.4 Å². The highest BCUT2D eigenvalue weighted by Gasteiger charge is 2.25. The number of pyridine rings is 1. The van der Waals surface area contributed by atoms with Crippen molar-refractivity contribution in [1.82, 2.24) is 29.2 Å². The molecule has 5 aromatic rings. The number of anilines is 1. The molecule has 4 heterocycles. The Morgan fingerprint density at radius 3 is 2.27 bits per heavy atom. The molecule has 0 saturated carbocycles. The average Bonchev–Trinajstić information content (AvgIpc) is 3.31. The van der Waals surface area contributed by atoms with Gasteiger partial charge in [-0.1, -0.05) is 12.1 Å². The number of fused-ring (bicyclic) bond motifs is 1. The van der Waals surface area contributed by atoms with Crippen LogP contribution in [-0.2, 0) is 13.1 Å². The van der Waals surface area contributed by atoms with Crippen LogP contribution in [0.15, 0.2) is 58.4 Å². The van der Waals surface area contributed by atoms with Crippen molar-refractivity contribution in [3.8, 4) is 22.1 Å². The Bertz CT molecular complexity index is 1790. The molecule has 0 amide bonds. The Hall–Kier alpha value is -4.49. The molecule has 40 heavy (non-hydrogen) atoms. The normalized spacial score (nSPS) is 11.4. The zero-order chi connectivity index (χ0) is 28.6. The van der Waals surface area contributed by atoms with E-state index in [1.165, 1.54) is 35.1 Å². The van der Waals surface area contributed by atoms with Gasteiger partial charge in [-0.05, 0) is 43.4 Å². The number of nitrogens with zero attached hydrogens (tertiary/aromatic N) is 6. The molecular weight excluding hydrogens is 540 g/mol. The van der Waals surface area contributed by atoms with E-state index in [-0.39, 0.29) is 27.5 Å². The summed E-state index contributed by atoms with van der Waals surface area (Å²) in [6.07, 6.45) is 1.76. The second kappa shape index (κ2) is 10.9. The second-order valence-corrected chi connectivity index (χ2v) is 10.2. The van der Waals surface area contributed by atoms with Crippen LogP contribution in [0.4, 0.5) is 14.5 Å². The fourth-order valence-corrected chi connectivity index (χ4v) is 5.69. The van der Waals surface area contributed by atoms with E-state index >= 15 is 0 Å². The van der Waals surface area contributed by atoms with Crippen LogP contribution in [0.2, 0.25) is 0 Å². The third-order valence-corrected chi connectivity index (χ3v) is 7.62. The molecule has 0 aliphatic rings. The fraction of sp³-hybridized carbons (Fsp3) is 0.222. The minimum atomic E-state index is -0.907. The van der Waals surface area contributed by atoms with Gasteiger partial charge in [0.1, 0.15) is 16.5 Å². The largest absolute Gasteiger partial charge is 0.480 e. The molecule has 5 rings (SSSR count). The molecule has 0 fully saturated rings. The summed E-state index contributed by atoms with van der Waals surface area (Å²) in [6, 6.07) is 10.5. The monoisotopic (exact) mass is 565 g/mol. The molecule has 0 atom stereocenters. The van der Waals surface area contributed by atoms with E-state index in [2.05, 4.69) is 20.5 Å². The standard InChI is InChI=1S/C27H25F2N7O3S/c1-30-16-7-5-15(6-8-16)24-18(13-34(2)3)23-25(37)36(21-9-10-22(39-4)33-32-21)27(38)35(26(23)40-24)14-17-19(28)11-31-12-20(17)29/h5-12,30H,13-14H2,1-4H3. The molecular formula is C27H25F2N7O3S. The van der Waals surface area contributed by atoms with Crippen molar-refractivity contribution in [2.45, 2.75) is 13.1 Å². The lowest BCUT2D eigenvalue weighted by Crippen LogP contribution is -2.39. The van der Waals surface area contributed by atoms with E-state index in [1.54, 1.807) is 0 Å². The zero-order valence-corrected chi connectivity index (χ0v) is 22.9. The van der Waals surface area contributed by atoms with Crippen LogP contribution >= 0.6 is 11.3 Å². The van der Waals surface area contributed by atoms with Crippen molar-refractivity contribution < 1.29 is 13.5 Å². The molecule has 4 aromatic heterocycles. The molecule has 0 aliphatic carbocycles. The lowest BCUT2D eigenvalue weighted by Gasteiger charge is -2.14. The molecule has 1 N–H and O–H groups in total. The van der Waals surface area contributed by atoms with Crippen molar-refractivity contribution >= 4 is 27.2 Å². The minimum absolute atomic E-state index is 0.0518. The van der Waals surface area contributed by atoms with Gasteiger partial charge in [-0.3, -0.25) is 14.3 Å². The maximum absolute atomic E-state index is 14.7. The van der Waals surface area contributed by atoms with Crippen LogP contribution in [0.5, 0.6) is 5.88 Å². The Morgan fingerprint density at radius 1 is 1.00 bits per heavy atom. The van der Waals surface area contributed by atoms with Crippen molar-refractivity contribution in [2.75, 3.05) is 33.6 Å². The van der Waals surface area contributed by atoms with Crippen LogP contribution in [0, 0.1) is 11.6 Å². The van der Waals surface area contributed by atoms with Crippen LogP contribution < -0.4 is 21.3 Å². The van der Waals surface area contributed by atoms with Gasteiger partial charge in [0, 0.05) is 35.8 Å². The lowest BCUT2D eigenvalue weighted by atomic mass is 10.1. The maximum Gasteiger partial charge on any atom is 0.338 e. The third-order valence-electron chi connectivity index (χ3n) is 6.32. The summed E-state index contributed by atoms with van der Waals surface area (Å²) in [5.74, 6) is -1.68. The zero-order valence-electron chi connectivity index (χ0n) is 22.1. The highest BCUT2D eigenvalue weighted by Crippen LogP contribution is 2.38. The van der Waals surface area contributed by atoms with Crippen LogP contribution in [0.25, 0.3) is 26.5 Å². The molecule has 0 bridgehead atoms. The van der Waals surface area contributed by atoms with Crippen molar-refractivity contribution in [2.24, 2.45) is 0 Å². The quantitative estimate of drug-likeness (QED) is 0.305. The summed E-state index contributed by atoms with van der Waals surface area (Å²) >= 11 is 1.21. The lowest BCUT2D eigenvalue weighted by molar-refractivity contribution is 0.391. The number of hydrogen-bond donors (Lipinski definition) is 1. The number of benzene rings is 1. The highest BCUT2D eigenvalue weighted by atomic mass is 32.1. The van der Waals surface area contributed by atoms with Gasteiger partial charge >= 0.3 is 5.69 Å². The van der Waals surface area contributed by atoms with E-state index in [0.29, 0.717) is 12.1 Å². The number of nitrogens with one attached hydrogen (secondary N) is 1. The first-order chi connectivity index (χ1) is 19.2. The number of thiophene rings is 1. The molecule has 1 aromatic carbocycles. The van der Waals surface area contributed by atoms with Crippen LogP contribution in [-0.4, -0.2) is 57.5 Å². The number of methoxy groups -OCH3 is 1. The van der Waals surface area contributed by atoms with Crippen molar-refractivity contribution in [1.29, 1.82) is 0 Å². The van der Waals surface area contributed by atoms with Crippen LogP contribution in [0.3, 0.4) is 0 Å². The van der Waals surface area contributed by atoms with Gasteiger partial charge in [-0.25, -0.2) is 18.1 Å². The first-order valence-corrected chi connectivity index (χ1v) is 12.9. The summed E-state index contributed by atoms with van der Waals surface area (Å²) in [7, 11) is 6.95. The molecule has 0 unspecified atom stereocenters. The number of halogens is 2. The average molecular weight is 566 g/mol. The van der Waals surface area contributed by atoms with Gasteiger partial charge < -0.3 is 15.0 Å². The first-order valence-electron chi connectivity index (χ1n) is 12.1. The number of hydrogen-bond acceptors (Lipinski definition) is 9. The smallest absolute Gasteiger partial charge is 0.338 e. The Morgan fingerprint density at radius 2 is 1.70 bits per heavy atom. The van der Waals surface area contributed by atoms with Gasteiger partial charge in [0.15, 0.2) is 5.82 Å². The Labute approximate surface area is 231 Å².